The number of rotatable bonds is 6. The Kier molecular flexibility index (Phi) is 5.47. The Hall–Kier alpha value is -2.96. The lowest BCUT2D eigenvalue weighted by Crippen LogP contribution is -2.30. The SMILES string of the molecule is CCOC(=O)c1cc(C(C)=O)nn(-c2ccc(OCC)cc2)c1=O. The summed E-state index contributed by atoms with van der Waals surface area (Å²) in [4.78, 5) is 36.2. The first-order chi connectivity index (χ1) is 11.5. The van der Waals surface area contributed by atoms with Crippen LogP contribution in [0.1, 0.15) is 41.6 Å². The minimum atomic E-state index is -0.785. The van der Waals surface area contributed by atoms with E-state index in [-0.39, 0.29) is 23.6 Å². The molecule has 0 saturated heterocycles. The number of nitrogens with zero attached hydrogens (tertiary/aromatic N) is 2. The Morgan fingerprint density at radius 1 is 1.12 bits per heavy atom. The second kappa shape index (κ2) is 7.54. The molecule has 7 nitrogen and oxygen atoms in total. The van der Waals surface area contributed by atoms with Crippen LogP contribution in [0.5, 0.6) is 5.75 Å². The molecule has 0 atom stereocenters. The predicted molar refractivity (Wildman–Crippen MR) is 87.0 cm³/mol. The Bertz CT molecular complexity index is 809. The molecule has 0 unspecified atom stereocenters. The van der Waals surface area contributed by atoms with Crippen LogP contribution in [0.15, 0.2) is 35.1 Å². The minimum Gasteiger partial charge on any atom is -0.494 e. The van der Waals surface area contributed by atoms with Gasteiger partial charge >= 0.3 is 5.97 Å². The van der Waals surface area contributed by atoms with Gasteiger partial charge in [-0.1, -0.05) is 0 Å². The van der Waals surface area contributed by atoms with Crippen molar-refractivity contribution in [2.24, 2.45) is 0 Å². The number of benzene rings is 1. The van der Waals surface area contributed by atoms with Crippen LogP contribution in [0.3, 0.4) is 0 Å². The van der Waals surface area contributed by atoms with E-state index in [0.29, 0.717) is 18.0 Å². The van der Waals surface area contributed by atoms with Crippen LogP contribution in [-0.4, -0.2) is 34.7 Å². The highest BCUT2D eigenvalue weighted by Crippen LogP contribution is 2.14. The highest BCUT2D eigenvalue weighted by atomic mass is 16.5. The number of aromatic nitrogens is 2. The molecule has 0 fully saturated rings. The van der Waals surface area contributed by atoms with Crippen molar-refractivity contribution < 1.29 is 19.1 Å². The van der Waals surface area contributed by atoms with E-state index in [4.69, 9.17) is 9.47 Å². The Labute approximate surface area is 138 Å². The zero-order valence-electron chi connectivity index (χ0n) is 13.7. The topological polar surface area (TPSA) is 87.5 Å². The van der Waals surface area contributed by atoms with Gasteiger partial charge < -0.3 is 9.47 Å². The molecule has 2 aromatic rings. The average Bonchev–Trinajstić information content (AvgIpc) is 2.56. The summed E-state index contributed by atoms with van der Waals surface area (Å²) in [6.45, 7) is 5.45. The number of carbonyl (C=O) groups is 2. The number of carbonyl (C=O) groups excluding carboxylic acids is 2. The lowest BCUT2D eigenvalue weighted by Gasteiger charge is -2.10. The molecule has 0 radical (unpaired) electrons. The fourth-order valence-electron chi connectivity index (χ4n) is 2.05. The highest BCUT2D eigenvalue weighted by Gasteiger charge is 2.19. The van der Waals surface area contributed by atoms with Crippen molar-refractivity contribution in [3.05, 3.63) is 51.9 Å². The molecular weight excluding hydrogens is 312 g/mol. The monoisotopic (exact) mass is 330 g/mol. The summed E-state index contributed by atoms with van der Waals surface area (Å²) >= 11 is 0. The summed E-state index contributed by atoms with van der Waals surface area (Å²) < 4.78 is 11.2. The van der Waals surface area contributed by atoms with E-state index in [9.17, 15) is 14.4 Å². The van der Waals surface area contributed by atoms with E-state index in [1.807, 2.05) is 6.92 Å². The molecule has 0 saturated carbocycles. The minimum absolute atomic E-state index is 0.00605. The van der Waals surface area contributed by atoms with Crippen LogP contribution in [-0.2, 0) is 4.74 Å². The quantitative estimate of drug-likeness (QED) is 0.595. The number of ketones is 1. The van der Waals surface area contributed by atoms with Gasteiger partial charge in [-0.3, -0.25) is 9.59 Å². The van der Waals surface area contributed by atoms with Gasteiger partial charge in [-0.05, 0) is 44.2 Å². The van der Waals surface area contributed by atoms with Crippen molar-refractivity contribution in [1.82, 2.24) is 9.78 Å². The Morgan fingerprint density at radius 2 is 1.79 bits per heavy atom. The van der Waals surface area contributed by atoms with E-state index in [2.05, 4.69) is 5.10 Å². The summed E-state index contributed by atoms with van der Waals surface area (Å²) in [5.41, 5.74) is -0.461. The van der Waals surface area contributed by atoms with Gasteiger partial charge in [0.2, 0.25) is 0 Å². The molecule has 24 heavy (non-hydrogen) atoms. The fourth-order valence-corrected chi connectivity index (χ4v) is 2.05. The van der Waals surface area contributed by atoms with Crippen molar-refractivity contribution in [3.63, 3.8) is 0 Å². The summed E-state index contributed by atoms with van der Waals surface area (Å²) in [6.07, 6.45) is 0. The molecule has 0 bridgehead atoms. The van der Waals surface area contributed by atoms with Gasteiger partial charge in [-0.15, -0.1) is 0 Å². The third-order valence-electron chi connectivity index (χ3n) is 3.16. The van der Waals surface area contributed by atoms with E-state index >= 15 is 0 Å². The molecule has 126 valence electrons. The first-order valence-electron chi connectivity index (χ1n) is 7.53. The first-order valence-corrected chi connectivity index (χ1v) is 7.53. The molecule has 1 aromatic heterocycles. The van der Waals surface area contributed by atoms with Crippen molar-refractivity contribution in [3.8, 4) is 11.4 Å². The molecule has 0 amide bonds. The number of hydrogen-bond donors (Lipinski definition) is 0. The molecular formula is C17H18N2O5. The zero-order valence-corrected chi connectivity index (χ0v) is 13.7. The van der Waals surface area contributed by atoms with Gasteiger partial charge in [0, 0.05) is 6.92 Å². The fraction of sp³-hybridized carbons (Fsp3) is 0.294. The van der Waals surface area contributed by atoms with Gasteiger partial charge in [0.15, 0.2) is 5.78 Å². The molecule has 0 aliphatic carbocycles. The van der Waals surface area contributed by atoms with E-state index in [0.717, 1.165) is 10.7 Å². The maximum Gasteiger partial charge on any atom is 0.343 e. The number of ether oxygens (including phenoxy) is 2. The van der Waals surface area contributed by atoms with Gasteiger partial charge in [0.05, 0.1) is 18.9 Å². The molecule has 0 N–H and O–H groups in total. The van der Waals surface area contributed by atoms with Crippen LogP contribution >= 0.6 is 0 Å². The van der Waals surface area contributed by atoms with Gasteiger partial charge in [-0.25, -0.2) is 4.79 Å². The van der Waals surface area contributed by atoms with Crippen molar-refractivity contribution in [2.75, 3.05) is 13.2 Å². The molecule has 7 heteroatoms. The third-order valence-corrected chi connectivity index (χ3v) is 3.16. The van der Waals surface area contributed by atoms with E-state index in [1.165, 1.54) is 6.92 Å². The van der Waals surface area contributed by atoms with Crippen molar-refractivity contribution >= 4 is 11.8 Å². The summed E-state index contributed by atoms with van der Waals surface area (Å²) in [5, 5.41) is 4.03. The standard InChI is InChI=1S/C17H18N2O5/c1-4-23-13-8-6-12(7-9-13)19-16(21)14(17(22)24-5-2)10-15(18-19)11(3)20/h6-10H,4-5H2,1-3H3. The van der Waals surface area contributed by atoms with Crippen molar-refractivity contribution in [1.29, 1.82) is 0 Å². The van der Waals surface area contributed by atoms with Crippen LogP contribution in [0.2, 0.25) is 0 Å². The summed E-state index contributed by atoms with van der Waals surface area (Å²) in [6, 6.07) is 7.76. The maximum absolute atomic E-state index is 12.5. The second-order valence-electron chi connectivity index (χ2n) is 4.86. The Balaban J connectivity index is 2.57. The third kappa shape index (κ3) is 3.68. The Morgan fingerprint density at radius 3 is 2.33 bits per heavy atom. The van der Waals surface area contributed by atoms with Gasteiger partial charge in [-0.2, -0.15) is 9.78 Å². The predicted octanol–water partition coefficient (Wildman–Crippen LogP) is 2.01. The van der Waals surface area contributed by atoms with Crippen LogP contribution in [0.25, 0.3) is 5.69 Å². The van der Waals surface area contributed by atoms with Crippen molar-refractivity contribution in [2.45, 2.75) is 20.8 Å². The van der Waals surface area contributed by atoms with Gasteiger partial charge in [0.1, 0.15) is 17.0 Å². The number of hydrogen-bond acceptors (Lipinski definition) is 6. The molecule has 1 heterocycles. The van der Waals surface area contributed by atoms with Crippen LogP contribution < -0.4 is 10.3 Å². The van der Waals surface area contributed by atoms with Crippen LogP contribution in [0, 0.1) is 0 Å². The highest BCUT2D eigenvalue weighted by molar-refractivity contribution is 5.96. The van der Waals surface area contributed by atoms with Crippen LogP contribution in [0.4, 0.5) is 0 Å². The lowest BCUT2D eigenvalue weighted by atomic mass is 10.2. The number of esters is 1. The molecule has 0 spiro atoms. The van der Waals surface area contributed by atoms with E-state index in [1.54, 1.807) is 31.2 Å². The average molecular weight is 330 g/mol. The molecule has 0 aliphatic rings. The largest absolute Gasteiger partial charge is 0.494 e. The van der Waals surface area contributed by atoms with E-state index < -0.39 is 11.5 Å². The molecule has 2 rings (SSSR count). The smallest absolute Gasteiger partial charge is 0.343 e. The zero-order chi connectivity index (χ0) is 17.7. The summed E-state index contributed by atoms with van der Waals surface area (Å²) in [7, 11) is 0. The summed E-state index contributed by atoms with van der Waals surface area (Å²) in [5.74, 6) is -0.505. The lowest BCUT2D eigenvalue weighted by molar-refractivity contribution is 0.0523. The maximum atomic E-state index is 12.5. The first kappa shape index (κ1) is 17.4. The number of Topliss-reactive ketones (excluding diaryl/α,β-unsaturated/α-hetero) is 1. The molecule has 1 aromatic carbocycles. The van der Waals surface area contributed by atoms with Gasteiger partial charge in [0.25, 0.3) is 5.56 Å². The normalized spacial score (nSPS) is 10.3. The molecule has 0 aliphatic heterocycles. The second-order valence-corrected chi connectivity index (χ2v) is 4.86.